The van der Waals surface area contributed by atoms with Crippen LogP contribution in [0.1, 0.15) is 11.3 Å². The Morgan fingerprint density at radius 3 is 2.67 bits per heavy atom. The second-order valence-electron chi connectivity index (χ2n) is 8.50. The summed E-state index contributed by atoms with van der Waals surface area (Å²) in [5.74, 6) is -0.00415. The molecule has 3 aromatic rings. The summed E-state index contributed by atoms with van der Waals surface area (Å²) in [4.78, 5) is 32.0. The zero-order valence-corrected chi connectivity index (χ0v) is 17.9. The summed E-state index contributed by atoms with van der Waals surface area (Å²) in [7, 11) is 2.08. The van der Waals surface area contributed by atoms with E-state index in [2.05, 4.69) is 27.3 Å². The smallest absolute Gasteiger partial charge is 0.314 e. The highest BCUT2D eigenvalue weighted by molar-refractivity contribution is 5.91. The van der Waals surface area contributed by atoms with E-state index in [4.69, 9.17) is 0 Å². The lowest BCUT2D eigenvalue weighted by Crippen LogP contribution is -2.45. The molecule has 1 saturated heterocycles. The summed E-state index contributed by atoms with van der Waals surface area (Å²) < 4.78 is 15.2. The Morgan fingerprint density at radius 1 is 1.21 bits per heavy atom. The Hall–Kier alpha value is -3.86. The molecular formula is C22H22FN7O3. The third-order valence-corrected chi connectivity index (χ3v) is 6.03. The number of urea groups is 1. The highest BCUT2D eigenvalue weighted by atomic mass is 19.1. The maximum absolute atomic E-state index is 13.2. The molecule has 5 rings (SSSR count). The number of pyridine rings is 1. The van der Waals surface area contributed by atoms with Crippen LogP contribution in [0.5, 0.6) is 0 Å². The summed E-state index contributed by atoms with van der Waals surface area (Å²) in [5, 5.41) is 18.5. The molecule has 0 bridgehead atoms. The van der Waals surface area contributed by atoms with Gasteiger partial charge in [-0.15, -0.1) is 0 Å². The Labute approximate surface area is 188 Å². The molecule has 0 saturated carbocycles. The number of nitrogens with zero attached hydrogens (tertiary/aromatic N) is 6. The van der Waals surface area contributed by atoms with Gasteiger partial charge in [0.1, 0.15) is 5.82 Å². The van der Waals surface area contributed by atoms with Gasteiger partial charge in [0.15, 0.2) is 0 Å². The molecule has 0 radical (unpaired) electrons. The van der Waals surface area contributed by atoms with Crippen LogP contribution in [0.25, 0.3) is 11.3 Å². The topological polar surface area (TPSA) is 109 Å². The largest absolute Gasteiger partial charge is 0.323 e. The number of halogens is 1. The Balaban J connectivity index is 1.32. The average Bonchev–Trinajstić information content (AvgIpc) is 3.35. The van der Waals surface area contributed by atoms with E-state index in [9.17, 15) is 19.3 Å². The van der Waals surface area contributed by atoms with Gasteiger partial charge in [-0.3, -0.25) is 20.1 Å². The first-order chi connectivity index (χ1) is 15.9. The van der Waals surface area contributed by atoms with E-state index in [1.165, 1.54) is 36.4 Å². The number of aromatic nitrogens is 3. The SMILES string of the molecule is CN1CC(Cn2ncc3c2CN(C(=O)Nc2nc(-c4ccc(F)cc4)ccc2[N+](=O)[O-])C3)C1. The van der Waals surface area contributed by atoms with Gasteiger partial charge < -0.3 is 9.80 Å². The number of hydrogen-bond acceptors (Lipinski definition) is 6. The predicted molar refractivity (Wildman–Crippen MR) is 118 cm³/mol. The molecule has 0 atom stereocenters. The molecule has 1 fully saturated rings. The highest BCUT2D eigenvalue weighted by Gasteiger charge is 2.31. The lowest BCUT2D eigenvalue weighted by atomic mass is 10.0. The molecule has 170 valence electrons. The maximum Gasteiger partial charge on any atom is 0.323 e. The lowest BCUT2D eigenvalue weighted by molar-refractivity contribution is -0.384. The minimum Gasteiger partial charge on any atom is -0.314 e. The predicted octanol–water partition coefficient (Wildman–Crippen LogP) is 3.10. The van der Waals surface area contributed by atoms with Gasteiger partial charge in [0.25, 0.3) is 0 Å². The van der Waals surface area contributed by atoms with Crippen LogP contribution in [0.4, 0.5) is 20.7 Å². The molecule has 2 amide bonds. The summed E-state index contributed by atoms with van der Waals surface area (Å²) in [6.07, 6.45) is 1.78. The number of nitro groups is 1. The van der Waals surface area contributed by atoms with Crippen molar-refractivity contribution >= 4 is 17.5 Å². The minimum absolute atomic E-state index is 0.151. The van der Waals surface area contributed by atoms with Crippen molar-refractivity contribution in [1.82, 2.24) is 24.6 Å². The first-order valence-corrected chi connectivity index (χ1v) is 10.6. The van der Waals surface area contributed by atoms with Gasteiger partial charge in [0, 0.05) is 42.7 Å². The molecule has 2 aromatic heterocycles. The first kappa shape index (κ1) is 21.0. The van der Waals surface area contributed by atoms with Gasteiger partial charge in [-0.25, -0.2) is 14.2 Å². The van der Waals surface area contributed by atoms with Gasteiger partial charge in [-0.05, 0) is 37.4 Å². The van der Waals surface area contributed by atoms with Crippen LogP contribution in [0.2, 0.25) is 0 Å². The average molecular weight is 451 g/mol. The van der Waals surface area contributed by atoms with Crippen molar-refractivity contribution in [2.24, 2.45) is 5.92 Å². The summed E-state index contributed by atoms with van der Waals surface area (Å²) in [5.41, 5.74) is 2.62. The Morgan fingerprint density at radius 2 is 1.97 bits per heavy atom. The van der Waals surface area contributed by atoms with Crippen LogP contribution in [0, 0.1) is 21.8 Å². The second-order valence-corrected chi connectivity index (χ2v) is 8.50. The van der Waals surface area contributed by atoms with Crippen LogP contribution in [-0.4, -0.2) is 55.7 Å². The van der Waals surface area contributed by atoms with Gasteiger partial charge in [-0.2, -0.15) is 5.10 Å². The summed E-state index contributed by atoms with van der Waals surface area (Å²) in [6, 6.07) is 7.89. The molecule has 0 unspecified atom stereocenters. The molecule has 33 heavy (non-hydrogen) atoms. The molecule has 4 heterocycles. The fraction of sp³-hybridized carbons (Fsp3) is 0.318. The van der Waals surface area contributed by atoms with Crippen molar-refractivity contribution in [3.05, 3.63) is 69.8 Å². The molecule has 2 aliphatic rings. The first-order valence-electron chi connectivity index (χ1n) is 10.6. The number of anilines is 1. The molecule has 0 aliphatic carbocycles. The highest BCUT2D eigenvalue weighted by Crippen LogP contribution is 2.29. The second kappa shape index (κ2) is 8.24. The number of carbonyl (C=O) groups is 1. The lowest BCUT2D eigenvalue weighted by Gasteiger charge is -2.36. The van der Waals surface area contributed by atoms with Crippen molar-refractivity contribution in [3.8, 4) is 11.3 Å². The Bertz CT molecular complexity index is 1220. The van der Waals surface area contributed by atoms with E-state index < -0.39 is 16.8 Å². The van der Waals surface area contributed by atoms with E-state index in [1.807, 2.05) is 4.68 Å². The fourth-order valence-electron chi connectivity index (χ4n) is 4.35. The third kappa shape index (κ3) is 4.14. The molecule has 2 aliphatic heterocycles. The number of amides is 2. The number of hydrogen-bond donors (Lipinski definition) is 1. The van der Waals surface area contributed by atoms with E-state index in [1.54, 1.807) is 11.1 Å². The molecule has 1 N–H and O–H groups in total. The standard InChI is InChI=1S/C22H22FN7O3/c1-27-9-14(10-27)11-29-20-13-28(12-16(20)8-24-29)22(31)26-21-19(30(32)33)7-6-18(25-21)15-2-4-17(23)5-3-15/h2-8,14H,9-13H2,1H3,(H,25,26,31). The van der Waals surface area contributed by atoms with Crippen LogP contribution >= 0.6 is 0 Å². The monoisotopic (exact) mass is 451 g/mol. The number of rotatable bonds is 5. The molecule has 1 aromatic carbocycles. The van der Waals surface area contributed by atoms with Gasteiger partial charge in [0.2, 0.25) is 5.82 Å². The minimum atomic E-state index is -0.594. The van der Waals surface area contributed by atoms with Crippen LogP contribution in [0.15, 0.2) is 42.6 Å². The zero-order valence-electron chi connectivity index (χ0n) is 17.9. The third-order valence-electron chi connectivity index (χ3n) is 6.03. The van der Waals surface area contributed by atoms with Gasteiger partial charge in [-0.1, -0.05) is 0 Å². The van der Waals surface area contributed by atoms with Gasteiger partial charge in [0.05, 0.1) is 35.6 Å². The van der Waals surface area contributed by atoms with Crippen molar-refractivity contribution in [1.29, 1.82) is 0 Å². The van der Waals surface area contributed by atoms with Crippen LogP contribution in [0.3, 0.4) is 0 Å². The Kier molecular flexibility index (Phi) is 5.25. The number of benzene rings is 1. The van der Waals surface area contributed by atoms with Gasteiger partial charge >= 0.3 is 11.7 Å². The molecule has 0 spiro atoms. The van der Waals surface area contributed by atoms with Crippen molar-refractivity contribution < 1.29 is 14.1 Å². The van der Waals surface area contributed by atoms with Crippen LogP contribution < -0.4 is 5.32 Å². The van der Waals surface area contributed by atoms with Crippen molar-refractivity contribution in [2.45, 2.75) is 19.6 Å². The normalized spacial score (nSPS) is 15.9. The fourth-order valence-corrected chi connectivity index (χ4v) is 4.35. The summed E-state index contributed by atoms with van der Waals surface area (Å²) >= 11 is 0. The van der Waals surface area contributed by atoms with Crippen molar-refractivity contribution in [2.75, 3.05) is 25.5 Å². The van der Waals surface area contributed by atoms with Crippen molar-refractivity contribution in [3.63, 3.8) is 0 Å². The number of nitrogens with one attached hydrogen (secondary N) is 1. The maximum atomic E-state index is 13.2. The zero-order chi connectivity index (χ0) is 23.1. The number of carbonyl (C=O) groups excluding carboxylic acids is 1. The number of fused-ring (bicyclic) bond motifs is 1. The quantitative estimate of drug-likeness (QED) is 0.472. The van der Waals surface area contributed by atoms with E-state index in [0.717, 1.165) is 30.9 Å². The van der Waals surface area contributed by atoms with E-state index in [-0.39, 0.29) is 11.5 Å². The van der Waals surface area contributed by atoms with E-state index in [0.29, 0.717) is 30.3 Å². The molecule has 10 nitrogen and oxygen atoms in total. The molecule has 11 heteroatoms. The number of likely N-dealkylation sites (tertiary alicyclic amines) is 1. The van der Waals surface area contributed by atoms with E-state index >= 15 is 0 Å². The molecular weight excluding hydrogens is 429 g/mol. The summed E-state index contributed by atoms with van der Waals surface area (Å²) in [6.45, 7) is 3.60. The van der Waals surface area contributed by atoms with Crippen LogP contribution in [-0.2, 0) is 19.6 Å².